The average Bonchev–Trinajstić information content (AvgIpc) is 3.00. The summed E-state index contributed by atoms with van der Waals surface area (Å²) in [6.45, 7) is 0. The van der Waals surface area contributed by atoms with E-state index in [1.165, 1.54) is 44.9 Å². The molecular weight excluding hydrogens is 566 g/mol. The third-order valence-electron chi connectivity index (χ3n) is 8.16. The maximum absolute atomic E-state index is 12.6. The van der Waals surface area contributed by atoms with Gasteiger partial charge in [-0.1, -0.05) is 101 Å². The van der Waals surface area contributed by atoms with Crippen LogP contribution in [0.1, 0.15) is 180 Å². The molecule has 4 amide bonds. The lowest BCUT2D eigenvalue weighted by molar-refractivity contribution is -0.143. The van der Waals surface area contributed by atoms with Gasteiger partial charge < -0.3 is 5.73 Å². The number of amides is 4. The zero-order valence-electron chi connectivity index (χ0n) is 28.3. The zero-order valence-corrected chi connectivity index (χ0v) is 28.3. The third-order valence-corrected chi connectivity index (χ3v) is 8.16. The first-order valence-electron chi connectivity index (χ1n) is 18.2. The number of hydrogen-bond donors (Lipinski definition) is 4. The summed E-state index contributed by atoms with van der Waals surface area (Å²) in [7, 11) is 0. The molecule has 0 spiro atoms. The van der Waals surface area contributed by atoms with Crippen molar-refractivity contribution in [1.29, 1.82) is 0 Å². The van der Waals surface area contributed by atoms with Crippen LogP contribution in [0.25, 0.3) is 0 Å². The quantitative estimate of drug-likeness (QED) is 0.0956. The second-order valence-electron chi connectivity index (χ2n) is 12.6. The van der Waals surface area contributed by atoms with E-state index in [0.717, 1.165) is 114 Å². The summed E-state index contributed by atoms with van der Waals surface area (Å²) < 4.78 is 0. The van der Waals surface area contributed by atoms with Crippen LogP contribution in [-0.4, -0.2) is 28.9 Å². The molecule has 45 heavy (non-hydrogen) atoms. The number of allylic oxidation sites excluding steroid dienone is 4. The average molecular weight is 632 g/mol. The summed E-state index contributed by atoms with van der Waals surface area (Å²) in [5.41, 5.74) is 13.2. The summed E-state index contributed by atoms with van der Waals surface area (Å²) in [5, 5.41) is 1.08. The molecule has 0 aromatic carbocycles. The van der Waals surface area contributed by atoms with Gasteiger partial charge in [0.25, 0.3) is 0 Å². The van der Waals surface area contributed by atoms with Gasteiger partial charge in [-0.25, -0.2) is 0 Å². The van der Waals surface area contributed by atoms with Crippen molar-refractivity contribution in [2.24, 2.45) is 5.73 Å². The largest absolute Gasteiger partial charge is 0.370 e. The predicted octanol–water partition coefficient (Wildman–Crippen LogP) is 7.92. The number of nitrogens with zero attached hydrogens (tertiary/aromatic N) is 1. The van der Waals surface area contributed by atoms with Crippen molar-refractivity contribution >= 4 is 23.6 Å². The van der Waals surface area contributed by atoms with Crippen LogP contribution in [0, 0.1) is 0 Å². The van der Waals surface area contributed by atoms with Gasteiger partial charge in [-0.15, -0.1) is 0 Å². The minimum absolute atomic E-state index is 0.202. The monoisotopic (exact) mass is 632 g/mol. The Kier molecular flexibility index (Phi) is 26.9. The Morgan fingerprint density at radius 1 is 0.622 bits per heavy atom. The van der Waals surface area contributed by atoms with E-state index >= 15 is 0 Å². The Morgan fingerprint density at radius 3 is 1.56 bits per heavy atom. The highest BCUT2D eigenvalue weighted by Crippen LogP contribution is 2.12. The number of hydrazine groups is 3. The van der Waals surface area contributed by atoms with Crippen molar-refractivity contribution in [3.63, 3.8) is 0 Å². The molecule has 9 heteroatoms. The minimum atomic E-state index is -0.217. The van der Waals surface area contributed by atoms with Crippen molar-refractivity contribution in [3.8, 4) is 0 Å². The maximum Gasteiger partial charge on any atom is 0.237 e. The summed E-state index contributed by atoms with van der Waals surface area (Å²) >= 11 is 0. The second-order valence-corrected chi connectivity index (χ2v) is 12.6. The third kappa shape index (κ3) is 28.5. The first kappa shape index (κ1) is 40.3. The molecule has 258 valence electrons. The van der Waals surface area contributed by atoms with E-state index in [9.17, 15) is 19.2 Å². The molecule has 1 rings (SSSR count). The Labute approximate surface area is 273 Å². The van der Waals surface area contributed by atoms with Crippen LogP contribution >= 0.6 is 0 Å². The van der Waals surface area contributed by atoms with E-state index in [1.54, 1.807) is 0 Å². The highest BCUT2D eigenvalue weighted by atomic mass is 16.2. The van der Waals surface area contributed by atoms with Crippen LogP contribution in [-0.2, 0) is 19.2 Å². The van der Waals surface area contributed by atoms with Crippen molar-refractivity contribution in [1.82, 2.24) is 21.5 Å². The molecule has 1 aliphatic heterocycles. The summed E-state index contributed by atoms with van der Waals surface area (Å²) in [4.78, 5) is 48.4. The molecule has 5 N–H and O–H groups in total. The highest BCUT2D eigenvalue weighted by Gasteiger charge is 2.15. The van der Waals surface area contributed by atoms with Crippen LogP contribution in [0.2, 0.25) is 0 Å². The maximum atomic E-state index is 12.6. The molecule has 9 nitrogen and oxygen atoms in total. The van der Waals surface area contributed by atoms with Gasteiger partial charge in [-0.2, -0.15) is 0 Å². The number of rotatable bonds is 17. The summed E-state index contributed by atoms with van der Waals surface area (Å²) in [6.07, 6.45) is 36.3. The Bertz CT molecular complexity index is 811. The van der Waals surface area contributed by atoms with Crippen molar-refractivity contribution in [3.05, 3.63) is 24.3 Å². The minimum Gasteiger partial charge on any atom is -0.370 e. The van der Waals surface area contributed by atoms with Gasteiger partial charge in [0.05, 0.1) is 0 Å². The summed E-state index contributed by atoms with van der Waals surface area (Å²) in [6, 6.07) is 0. The molecule has 0 atom stereocenters. The molecule has 0 bridgehead atoms. The van der Waals surface area contributed by atoms with E-state index in [2.05, 4.69) is 40.6 Å². The van der Waals surface area contributed by atoms with Crippen LogP contribution < -0.4 is 22.0 Å². The number of carbonyl (C=O) groups excluding carboxylic acids is 4. The van der Waals surface area contributed by atoms with Gasteiger partial charge in [0, 0.05) is 25.7 Å². The number of unbranched alkanes of at least 4 members (excludes halogenated alkanes) is 10. The molecular formula is C36H65N5O4. The van der Waals surface area contributed by atoms with Crippen LogP contribution in [0.5, 0.6) is 0 Å². The van der Waals surface area contributed by atoms with Crippen LogP contribution in [0.3, 0.4) is 0 Å². The van der Waals surface area contributed by atoms with Gasteiger partial charge in [0.1, 0.15) is 0 Å². The van der Waals surface area contributed by atoms with Crippen molar-refractivity contribution in [2.75, 3.05) is 0 Å². The SMILES string of the molecule is NC(=O)CCCCCCCC=CCCCCCCCC(=O)NN1NC(=O)CCCCCCCC=CCCCCCCCC(=O)N1. The molecule has 0 unspecified atom stereocenters. The lowest BCUT2D eigenvalue weighted by Crippen LogP contribution is -2.61. The fraction of sp³-hybridized carbons (Fsp3) is 0.778. The number of nitrogens with one attached hydrogen (secondary N) is 3. The lowest BCUT2D eigenvalue weighted by Gasteiger charge is -2.24. The van der Waals surface area contributed by atoms with E-state index in [1.807, 2.05) is 0 Å². The molecule has 1 aliphatic rings. The fourth-order valence-corrected chi connectivity index (χ4v) is 5.42. The molecule has 0 aromatic heterocycles. The molecule has 1 heterocycles. The highest BCUT2D eigenvalue weighted by molar-refractivity contribution is 5.79. The van der Waals surface area contributed by atoms with Gasteiger partial charge >= 0.3 is 0 Å². The number of hydrogen-bond acceptors (Lipinski definition) is 5. The first-order valence-corrected chi connectivity index (χ1v) is 18.2. The van der Waals surface area contributed by atoms with Crippen LogP contribution in [0.15, 0.2) is 24.3 Å². The number of nitrogens with two attached hydrogens (primary N) is 1. The second kappa shape index (κ2) is 30.0. The molecule has 0 aromatic rings. The van der Waals surface area contributed by atoms with Crippen molar-refractivity contribution < 1.29 is 19.2 Å². The predicted molar refractivity (Wildman–Crippen MR) is 183 cm³/mol. The Hall–Kier alpha value is -2.68. The van der Waals surface area contributed by atoms with E-state index in [-0.39, 0.29) is 23.6 Å². The number of primary amides is 1. The normalized spacial score (nSPS) is 17.3. The number of carbonyl (C=O) groups is 4. The standard InChI is InChI=1S/C36H65N5O4/c37-33(42)29-25-21-17-13-9-5-1-2-6-10-14-18-22-26-30-34(43)38-41-39-35(44)31-27-23-19-15-11-7-3-4-8-12-16-20-24-28-32-36(45)40-41/h1-4H,5-32H2,(H2,37,42)(H,38,43)(H,39,44)(H,40,45). The fourth-order valence-electron chi connectivity index (χ4n) is 5.42. The molecule has 0 saturated carbocycles. The van der Waals surface area contributed by atoms with Crippen molar-refractivity contribution in [2.45, 2.75) is 180 Å². The van der Waals surface area contributed by atoms with Gasteiger partial charge in [0.2, 0.25) is 23.6 Å². The Morgan fingerprint density at radius 2 is 1.04 bits per heavy atom. The molecule has 0 saturated heterocycles. The molecule has 0 fully saturated rings. The van der Waals surface area contributed by atoms with E-state index in [0.29, 0.717) is 25.7 Å². The van der Waals surface area contributed by atoms with E-state index < -0.39 is 0 Å². The van der Waals surface area contributed by atoms with Gasteiger partial charge in [0.15, 0.2) is 0 Å². The zero-order chi connectivity index (χ0) is 32.6. The van der Waals surface area contributed by atoms with Gasteiger partial charge in [-0.3, -0.25) is 35.5 Å². The smallest absolute Gasteiger partial charge is 0.237 e. The Balaban J connectivity index is 2.24. The molecule has 0 radical (unpaired) electrons. The lowest BCUT2D eigenvalue weighted by atomic mass is 10.1. The van der Waals surface area contributed by atoms with Crippen LogP contribution in [0.4, 0.5) is 0 Å². The van der Waals surface area contributed by atoms with E-state index in [4.69, 9.17) is 5.73 Å². The topological polar surface area (TPSA) is 134 Å². The first-order chi connectivity index (χ1) is 22.0. The van der Waals surface area contributed by atoms with Gasteiger partial charge in [-0.05, 0) is 82.3 Å². The summed E-state index contributed by atoms with van der Waals surface area (Å²) in [5.74, 6) is -0.844. The molecule has 0 aliphatic carbocycles.